The highest BCUT2D eigenvalue weighted by atomic mass is 16.3. The van der Waals surface area contributed by atoms with Crippen LogP contribution in [0.25, 0.3) is 88.0 Å². The van der Waals surface area contributed by atoms with Crippen LogP contribution in [-0.2, 0) is 0 Å². The minimum absolute atomic E-state index is 0.847. The smallest absolute Gasteiger partial charge is 0.160 e. The van der Waals surface area contributed by atoms with Gasteiger partial charge in [0.05, 0.1) is 11.4 Å². The zero-order chi connectivity index (χ0) is 36.3. The lowest BCUT2D eigenvalue weighted by molar-refractivity contribution is 0.668. The summed E-state index contributed by atoms with van der Waals surface area (Å²) in [5.74, 6) is 0. The van der Waals surface area contributed by atoms with Crippen LogP contribution in [0.15, 0.2) is 209 Å². The Bertz CT molecular complexity index is 3190. The second-order valence-electron chi connectivity index (χ2n) is 14.0. The number of rotatable bonds is 6. The van der Waals surface area contributed by atoms with Gasteiger partial charge in [-0.15, -0.1) is 0 Å². The van der Waals surface area contributed by atoms with Crippen LogP contribution < -0.4 is 4.90 Å². The number of anilines is 3. The van der Waals surface area contributed by atoms with Crippen LogP contribution >= 0.6 is 0 Å². The van der Waals surface area contributed by atoms with Crippen LogP contribution in [0, 0.1) is 0 Å². The van der Waals surface area contributed by atoms with Crippen molar-refractivity contribution in [1.82, 2.24) is 0 Å². The Balaban J connectivity index is 1.17. The highest BCUT2D eigenvalue weighted by Gasteiger charge is 2.26. The van der Waals surface area contributed by atoms with E-state index >= 15 is 0 Å². The SMILES string of the molecule is c1ccc(-c2ccc3c(oc4ccccc43)c2N(c2ccc(-c3ccc4oc5ccccc5c4c3)cc2)c2ccc(-c3ccccc3)c3ccccc23)cc1. The lowest BCUT2D eigenvalue weighted by Gasteiger charge is -2.29. The molecule has 9 aromatic carbocycles. The first-order valence-corrected chi connectivity index (χ1v) is 18.7. The van der Waals surface area contributed by atoms with E-state index in [1.54, 1.807) is 0 Å². The van der Waals surface area contributed by atoms with E-state index in [-0.39, 0.29) is 0 Å². The van der Waals surface area contributed by atoms with Gasteiger partial charge in [0.2, 0.25) is 0 Å². The van der Waals surface area contributed by atoms with Crippen LogP contribution in [-0.4, -0.2) is 0 Å². The fourth-order valence-electron chi connectivity index (χ4n) is 8.29. The maximum absolute atomic E-state index is 6.89. The van der Waals surface area contributed by atoms with Crippen molar-refractivity contribution in [2.75, 3.05) is 4.90 Å². The molecule has 0 spiro atoms. The number of hydrogen-bond acceptors (Lipinski definition) is 3. The van der Waals surface area contributed by atoms with Crippen LogP contribution in [0.5, 0.6) is 0 Å². The molecule has 0 fully saturated rings. The van der Waals surface area contributed by atoms with Crippen LogP contribution in [0.3, 0.4) is 0 Å². The van der Waals surface area contributed by atoms with Crippen LogP contribution in [0.4, 0.5) is 17.1 Å². The third-order valence-corrected chi connectivity index (χ3v) is 10.9. The molecule has 0 amide bonds. The summed E-state index contributed by atoms with van der Waals surface area (Å²) in [6.07, 6.45) is 0. The van der Waals surface area contributed by atoms with Crippen LogP contribution in [0.1, 0.15) is 0 Å². The van der Waals surface area contributed by atoms with Gasteiger partial charge in [0.1, 0.15) is 16.7 Å². The Morgan fingerprint density at radius 1 is 0.309 bits per heavy atom. The third-order valence-electron chi connectivity index (χ3n) is 10.9. The molecule has 0 aliphatic heterocycles. The summed E-state index contributed by atoms with van der Waals surface area (Å²) in [5, 5.41) is 6.76. The standard InChI is InChI=1S/C52H33NO2/c1-3-13-35(14-4-1)39-30-31-47(42-18-8-7-17-41(39)42)53(38-26-23-34(24-27-38)37-25-32-50-46(33-37)44-20-10-11-21-48(44)54-50)51-40(36-15-5-2-6-16-36)28-29-45-43-19-9-12-22-49(43)55-52(45)51/h1-33H. The fourth-order valence-corrected chi connectivity index (χ4v) is 8.29. The molecule has 11 rings (SSSR count). The number of nitrogens with zero attached hydrogens (tertiary/aromatic N) is 1. The number of hydrogen-bond donors (Lipinski definition) is 0. The van der Waals surface area contributed by atoms with Gasteiger partial charge < -0.3 is 13.7 Å². The molecule has 2 heterocycles. The molecule has 0 bridgehead atoms. The van der Waals surface area contributed by atoms with Crippen molar-refractivity contribution in [2.24, 2.45) is 0 Å². The second-order valence-corrected chi connectivity index (χ2v) is 14.0. The van der Waals surface area contributed by atoms with Crippen molar-refractivity contribution in [3.8, 4) is 33.4 Å². The quantitative estimate of drug-likeness (QED) is 0.173. The summed E-state index contributed by atoms with van der Waals surface area (Å²) in [5.41, 5.74) is 13.5. The molecule has 11 aromatic rings. The molecule has 3 nitrogen and oxygen atoms in total. The topological polar surface area (TPSA) is 29.5 Å². The molecule has 0 saturated carbocycles. The first-order valence-electron chi connectivity index (χ1n) is 18.7. The lowest BCUT2D eigenvalue weighted by atomic mass is 9.95. The summed E-state index contributed by atoms with van der Waals surface area (Å²) < 4.78 is 13.0. The van der Waals surface area contributed by atoms with Gasteiger partial charge in [-0.05, 0) is 81.7 Å². The lowest BCUT2D eigenvalue weighted by Crippen LogP contribution is -2.12. The second kappa shape index (κ2) is 12.6. The Labute approximate surface area is 317 Å². The van der Waals surface area contributed by atoms with Crippen LogP contribution in [0.2, 0.25) is 0 Å². The summed E-state index contributed by atoms with van der Waals surface area (Å²) in [6, 6.07) is 71.0. The normalized spacial score (nSPS) is 11.6. The van der Waals surface area contributed by atoms with E-state index in [1.165, 1.54) is 16.5 Å². The zero-order valence-electron chi connectivity index (χ0n) is 29.8. The molecule has 0 N–H and O–H groups in total. The van der Waals surface area contributed by atoms with Gasteiger partial charge >= 0.3 is 0 Å². The minimum atomic E-state index is 0.847. The van der Waals surface area contributed by atoms with Crippen molar-refractivity contribution in [2.45, 2.75) is 0 Å². The zero-order valence-corrected chi connectivity index (χ0v) is 29.8. The van der Waals surface area contributed by atoms with E-state index in [4.69, 9.17) is 8.83 Å². The third kappa shape index (κ3) is 5.13. The van der Waals surface area contributed by atoms with Gasteiger partial charge in [0.15, 0.2) is 5.58 Å². The largest absolute Gasteiger partial charge is 0.456 e. The summed E-state index contributed by atoms with van der Waals surface area (Å²) in [4.78, 5) is 2.40. The van der Waals surface area contributed by atoms with Gasteiger partial charge in [-0.1, -0.05) is 152 Å². The highest BCUT2D eigenvalue weighted by molar-refractivity contribution is 6.16. The molecule has 2 aromatic heterocycles. The average molecular weight is 704 g/mol. The minimum Gasteiger partial charge on any atom is -0.456 e. The molecule has 55 heavy (non-hydrogen) atoms. The Morgan fingerprint density at radius 3 is 1.58 bits per heavy atom. The molecule has 0 radical (unpaired) electrons. The molecule has 0 aliphatic carbocycles. The van der Waals surface area contributed by atoms with Crippen molar-refractivity contribution in [1.29, 1.82) is 0 Å². The number of benzene rings is 9. The monoisotopic (exact) mass is 703 g/mol. The van der Waals surface area contributed by atoms with Crippen molar-refractivity contribution >= 4 is 71.7 Å². The molecule has 0 aliphatic rings. The number of furan rings is 2. The molecule has 0 unspecified atom stereocenters. The van der Waals surface area contributed by atoms with Gasteiger partial charge in [-0.2, -0.15) is 0 Å². The predicted octanol–water partition coefficient (Wildman–Crippen LogP) is 15.1. The summed E-state index contributed by atoms with van der Waals surface area (Å²) in [6.45, 7) is 0. The van der Waals surface area contributed by atoms with E-state index in [0.717, 1.165) is 88.6 Å². The van der Waals surface area contributed by atoms with E-state index in [1.807, 2.05) is 18.2 Å². The predicted molar refractivity (Wildman–Crippen MR) is 229 cm³/mol. The molecule has 0 atom stereocenters. The summed E-state index contributed by atoms with van der Waals surface area (Å²) in [7, 11) is 0. The van der Waals surface area contributed by atoms with E-state index < -0.39 is 0 Å². The van der Waals surface area contributed by atoms with E-state index in [0.29, 0.717) is 0 Å². The maximum Gasteiger partial charge on any atom is 0.160 e. The Hall–Kier alpha value is -7.36. The molecular formula is C52H33NO2. The van der Waals surface area contributed by atoms with Gasteiger partial charge in [0.25, 0.3) is 0 Å². The van der Waals surface area contributed by atoms with Crippen molar-refractivity contribution in [3.63, 3.8) is 0 Å². The van der Waals surface area contributed by atoms with E-state index in [9.17, 15) is 0 Å². The Morgan fingerprint density at radius 2 is 0.855 bits per heavy atom. The van der Waals surface area contributed by atoms with Gasteiger partial charge in [-0.25, -0.2) is 0 Å². The molecule has 3 heteroatoms. The highest BCUT2D eigenvalue weighted by Crippen LogP contribution is 2.50. The maximum atomic E-state index is 6.89. The Kier molecular flexibility index (Phi) is 7.17. The number of fused-ring (bicyclic) bond motifs is 7. The van der Waals surface area contributed by atoms with Crippen molar-refractivity contribution in [3.05, 3.63) is 200 Å². The van der Waals surface area contributed by atoms with Crippen molar-refractivity contribution < 1.29 is 8.83 Å². The van der Waals surface area contributed by atoms with E-state index in [2.05, 4.69) is 187 Å². The summed E-state index contributed by atoms with van der Waals surface area (Å²) >= 11 is 0. The van der Waals surface area contributed by atoms with Gasteiger partial charge in [0, 0.05) is 38.2 Å². The van der Waals surface area contributed by atoms with Gasteiger partial charge in [-0.3, -0.25) is 0 Å². The average Bonchev–Trinajstić information content (AvgIpc) is 3.83. The molecular weight excluding hydrogens is 671 g/mol. The first-order chi connectivity index (χ1) is 27.3. The molecule has 0 saturated heterocycles. The number of para-hydroxylation sites is 2. The molecule has 258 valence electrons. The first kappa shape index (κ1) is 31.2. The fraction of sp³-hybridized carbons (Fsp3) is 0.